The van der Waals surface area contributed by atoms with Gasteiger partial charge in [-0.05, 0) is 12.3 Å². The Labute approximate surface area is 146 Å². The molecule has 2 amide bonds. The first kappa shape index (κ1) is 20.9. The molecule has 0 aromatic carbocycles. The van der Waals surface area contributed by atoms with Gasteiger partial charge in [-0.3, -0.25) is 14.5 Å². The van der Waals surface area contributed by atoms with Crippen LogP contribution in [-0.4, -0.2) is 62.1 Å². The van der Waals surface area contributed by atoms with Crippen LogP contribution in [0.5, 0.6) is 0 Å². The third-order valence-corrected chi connectivity index (χ3v) is 4.34. The summed E-state index contributed by atoms with van der Waals surface area (Å²) in [4.78, 5) is 26.2. The van der Waals surface area contributed by atoms with Crippen molar-refractivity contribution in [3.63, 3.8) is 0 Å². The van der Waals surface area contributed by atoms with Gasteiger partial charge >= 0.3 is 0 Å². The number of carbonyl (C=O) groups is 2. The molecule has 0 aliphatic carbocycles. The third kappa shape index (κ3) is 7.62. The number of nitrogens with zero attached hydrogens (tertiary/aromatic N) is 1. The van der Waals surface area contributed by atoms with Gasteiger partial charge in [-0.25, -0.2) is 0 Å². The first-order valence-corrected chi connectivity index (χ1v) is 9.08. The topological polar surface area (TPSA) is 70.7 Å². The van der Waals surface area contributed by atoms with Crippen molar-refractivity contribution in [3.05, 3.63) is 0 Å². The van der Waals surface area contributed by atoms with Gasteiger partial charge < -0.3 is 15.4 Å². The Kier molecular flexibility index (Phi) is 8.70. The Morgan fingerprint density at radius 1 is 1.12 bits per heavy atom. The van der Waals surface area contributed by atoms with Crippen molar-refractivity contribution >= 4 is 11.8 Å². The maximum atomic E-state index is 12.0. The minimum absolute atomic E-state index is 0.0232. The first-order chi connectivity index (χ1) is 11.2. The fourth-order valence-electron chi connectivity index (χ4n) is 2.72. The van der Waals surface area contributed by atoms with Crippen LogP contribution in [0.3, 0.4) is 0 Å². The lowest BCUT2D eigenvalue weighted by Gasteiger charge is -2.36. The molecule has 2 N–H and O–H groups in total. The molecule has 1 heterocycles. The number of hydrogen-bond acceptors (Lipinski definition) is 4. The second kappa shape index (κ2) is 9.99. The Balaban J connectivity index is 2.25. The second-order valence-corrected chi connectivity index (χ2v) is 7.87. The van der Waals surface area contributed by atoms with Gasteiger partial charge in [0.25, 0.3) is 0 Å². The Morgan fingerprint density at radius 2 is 1.75 bits per heavy atom. The molecule has 1 rings (SSSR count). The quantitative estimate of drug-likeness (QED) is 0.655. The molecule has 0 radical (unpaired) electrons. The van der Waals surface area contributed by atoms with E-state index in [0.29, 0.717) is 37.9 Å². The molecule has 0 saturated carbocycles. The van der Waals surface area contributed by atoms with E-state index in [1.807, 2.05) is 20.8 Å². The van der Waals surface area contributed by atoms with E-state index in [1.54, 1.807) is 0 Å². The van der Waals surface area contributed by atoms with Gasteiger partial charge in [0, 0.05) is 44.1 Å². The van der Waals surface area contributed by atoms with Crippen molar-refractivity contribution in [2.75, 3.05) is 39.4 Å². The summed E-state index contributed by atoms with van der Waals surface area (Å²) in [6.45, 7) is 14.6. The van der Waals surface area contributed by atoms with Gasteiger partial charge in [0.15, 0.2) is 0 Å². The van der Waals surface area contributed by atoms with Crippen LogP contribution < -0.4 is 10.6 Å². The lowest BCUT2D eigenvalue weighted by molar-refractivity contribution is -0.128. The van der Waals surface area contributed by atoms with Crippen LogP contribution in [0.15, 0.2) is 0 Å². The minimum Gasteiger partial charge on any atom is -0.379 e. The summed E-state index contributed by atoms with van der Waals surface area (Å²) in [6.07, 6.45) is 1.11. The summed E-state index contributed by atoms with van der Waals surface area (Å²) in [7, 11) is 0. The highest BCUT2D eigenvalue weighted by Crippen LogP contribution is 2.13. The average molecular weight is 341 g/mol. The van der Waals surface area contributed by atoms with Crippen LogP contribution in [0.1, 0.15) is 47.5 Å². The highest BCUT2D eigenvalue weighted by atomic mass is 16.5. The molecule has 1 unspecified atom stereocenters. The van der Waals surface area contributed by atoms with Crippen LogP contribution in [0.4, 0.5) is 0 Å². The fourth-order valence-corrected chi connectivity index (χ4v) is 2.72. The van der Waals surface area contributed by atoms with E-state index in [4.69, 9.17) is 4.74 Å². The summed E-state index contributed by atoms with van der Waals surface area (Å²) >= 11 is 0. The summed E-state index contributed by atoms with van der Waals surface area (Å²) in [5.41, 5.74) is -0.384. The van der Waals surface area contributed by atoms with Gasteiger partial charge in [0.05, 0.1) is 13.2 Å². The highest BCUT2D eigenvalue weighted by Gasteiger charge is 2.24. The van der Waals surface area contributed by atoms with Gasteiger partial charge in [-0.1, -0.05) is 34.6 Å². The molecule has 1 atom stereocenters. The number of rotatable bonds is 8. The van der Waals surface area contributed by atoms with E-state index < -0.39 is 0 Å². The smallest absolute Gasteiger partial charge is 0.225 e. The molecule has 24 heavy (non-hydrogen) atoms. The highest BCUT2D eigenvalue weighted by molar-refractivity contribution is 5.81. The molecule has 1 saturated heterocycles. The molecule has 0 aromatic heterocycles. The van der Waals surface area contributed by atoms with E-state index in [-0.39, 0.29) is 17.2 Å². The molecule has 0 bridgehead atoms. The van der Waals surface area contributed by atoms with Crippen molar-refractivity contribution < 1.29 is 14.3 Å². The van der Waals surface area contributed by atoms with Crippen molar-refractivity contribution in [1.82, 2.24) is 15.5 Å². The maximum absolute atomic E-state index is 12.0. The largest absolute Gasteiger partial charge is 0.379 e. The molecule has 0 spiro atoms. The molecule has 6 heteroatoms. The van der Waals surface area contributed by atoms with E-state index in [9.17, 15) is 9.59 Å². The zero-order chi connectivity index (χ0) is 18.2. The molecular weight excluding hydrogens is 306 g/mol. The number of morpholine rings is 1. The van der Waals surface area contributed by atoms with Gasteiger partial charge in [0.2, 0.25) is 11.8 Å². The van der Waals surface area contributed by atoms with Crippen LogP contribution in [0.25, 0.3) is 0 Å². The lowest BCUT2D eigenvalue weighted by atomic mass is 9.96. The fraction of sp³-hybridized carbons (Fsp3) is 0.889. The number of amides is 2. The second-order valence-electron chi connectivity index (χ2n) is 7.87. The lowest BCUT2D eigenvalue weighted by Crippen LogP contribution is -2.51. The Hall–Kier alpha value is -1.14. The molecule has 1 aliphatic rings. The predicted molar refractivity (Wildman–Crippen MR) is 95.7 cm³/mol. The first-order valence-electron chi connectivity index (χ1n) is 9.08. The zero-order valence-corrected chi connectivity index (χ0v) is 16.0. The zero-order valence-electron chi connectivity index (χ0n) is 16.0. The van der Waals surface area contributed by atoms with E-state index in [2.05, 4.69) is 29.4 Å². The molecule has 6 nitrogen and oxygen atoms in total. The summed E-state index contributed by atoms with van der Waals surface area (Å²) < 4.78 is 5.40. The molecule has 140 valence electrons. The van der Waals surface area contributed by atoms with Crippen LogP contribution in [0.2, 0.25) is 0 Å². The third-order valence-electron chi connectivity index (χ3n) is 4.34. The molecule has 0 aromatic rings. The van der Waals surface area contributed by atoms with E-state index in [0.717, 1.165) is 26.3 Å². The van der Waals surface area contributed by atoms with Crippen molar-refractivity contribution in [3.8, 4) is 0 Å². The van der Waals surface area contributed by atoms with Gasteiger partial charge in [-0.15, -0.1) is 0 Å². The van der Waals surface area contributed by atoms with E-state index in [1.165, 1.54) is 0 Å². The summed E-state index contributed by atoms with van der Waals surface area (Å²) in [6, 6.07) is 0.346. The van der Waals surface area contributed by atoms with E-state index >= 15 is 0 Å². The molecule has 1 aliphatic heterocycles. The minimum atomic E-state index is -0.384. The van der Waals surface area contributed by atoms with Crippen molar-refractivity contribution in [2.45, 2.75) is 53.5 Å². The van der Waals surface area contributed by atoms with Crippen LogP contribution >= 0.6 is 0 Å². The standard InChI is InChI=1S/C18H35N3O3/c1-14(2)15(21-9-11-24-12-10-21)13-20-16(22)7-6-8-19-17(23)18(3,4)5/h14-15H,6-13H2,1-5H3,(H,19,23)(H,20,22). The summed E-state index contributed by atoms with van der Waals surface area (Å²) in [5.74, 6) is 0.559. The number of hydrogen-bond donors (Lipinski definition) is 2. The maximum Gasteiger partial charge on any atom is 0.225 e. The van der Waals surface area contributed by atoms with Gasteiger partial charge in [0.1, 0.15) is 0 Å². The summed E-state index contributed by atoms with van der Waals surface area (Å²) in [5, 5.41) is 5.92. The van der Waals surface area contributed by atoms with Crippen LogP contribution in [0, 0.1) is 11.3 Å². The molecule has 1 fully saturated rings. The molecular formula is C18H35N3O3. The van der Waals surface area contributed by atoms with Crippen molar-refractivity contribution in [2.24, 2.45) is 11.3 Å². The SMILES string of the molecule is CC(C)C(CNC(=O)CCCNC(=O)C(C)(C)C)N1CCOCC1. The van der Waals surface area contributed by atoms with Gasteiger partial charge in [-0.2, -0.15) is 0 Å². The monoisotopic (exact) mass is 341 g/mol. The predicted octanol–water partition coefficient (Wildman–Crippen LogP) is 1.40. The van der Waals surface area contributed by atoms with Crippen molar-refractivity contribution in [1.29, 1.82) is 0 Å². The van der Waals surface area contributed by atoms with Crippen LogP contribution in [-0.2, 0) is 14.3 Å². The number of nitrogens with one attached hydrogen (secondary N) is 2. The number of carbonyl (C=O) groups excluding carboxylic acids is 2. The Bertz CT molecular complexity index is 399. The Morgan fingerprint density at radius 3 is 2.29 bits per heavy atom. The average Bonchev–Trinajstić information content (AvgIpc) is 2.51. The number of ether oxygens (including phenoxy) is 1. The normalized spacial score (nSPS) is 17.6.